The minimum Gasteiger partial charge on any atom is -0.501 e. The van der Waals surface area contributed by atoms with Crippen LogP contribution in [0.1, 0.15) is 36.8 Å². The zero-order chi connectivity index (χ0) is 24.0. The Morgan fingerprint density at radius 3 is 1.67 bits per heavy atom. The van der Waals surface area contributed by atoms with Crippen LogP contribution >= 0.6 is 0 Å². The van der Waals surface area contributed by atoms with Crippen LogP contribution in [-0.2, 0) is 5.41 Å². The SMILES string of the molecule is Oc1c#cc2c3c(ccc2c1)Oc1ccc2cc(O)c#cc2c1C31C2=C(C=CCC2)C2=C1CCC=C2. The molecule has 170 valence electrons. The van der Waals surface area contributed by atoms with Crippen LogP contribution in [0.15, 0.2) is 83.0 Å². The maximum Gasteiger partial charge on any atom is 0.168 e. The molecule has 2 N–H and O–H groups in total. The predicted molar refractivity (Wildman–Crippen MR) is 138 cm³/mol. The fourth-order valence-electron chi connectivity index (χ4n) is 6.88. The van der Waals surface area contributed by atoms with E-state index in [0.29, 0.717) is 0 Å². The van der Waals surface area contributed by atoms with E-state index in [-0.39, 0.29) is 11.5 Å². The van der Waals surface area contributed by atoms with Crippen molar-refractivity contribution in [1.82, 2.24) is 0 Å². The second kappa shape index (κ2) is 6.75. The van der Waals surface area contributed by atoms with Gasteiger partial charge in [0, 0.05) is 21.9 Å². The van der Waals surface area contributed by atoms with Crippen molar-refractivity contribution in [2.45, 2.75) is 31.1 Å². The van der Waals surface area contributed by atoms with E-state index in [1.807, 2.05) is 24.3 Å². The van der Waals surface area contributed by atoms with Gasteiger partial charge in [-0.05, 0) is 107 Å². The number of allylic oxidation sites excluding steroid dienone is 8. The van der Waals surface area contributed by atoms with Crippen molar-refractivity contribution in [3.05, 3.63) is 118 Å². The molecular weight excluding hydrogens is 444 g/mol. The van der Waals surface area contributed by atoms with Gasteiger partial charge in [0.1, 0.15) is 11.5 Å². The molecule has 0 unspecified atom stereocenters. The first-order valence-corrected chi connectivity index (χ1v) is 12.3. The molecule has 3 heteroatoms. The third-order valence-corrected chi connectivity index (χ3v) is 8.12. The lowest BCUT2D eigenvalue weighted by molar-refractivity contribution is 0.430. The molecule has 4 aromatic carbocycles. The van der Waals surface area contributed by atoms with Crippen molar-refractivity contribution in [2.24, 2.45) is 0 Å². The summed E-state index contributed by atoms with van der Waals surface area (Å²) < 4.78 is 6.63. The molecule has 0 aromatic heterocycles. The maximum absolute atomic E-state index is 10.2. The van der Waals surface area contributed by atoms with Crippen LogP contribution in [-0.4, -0.2) is 10.2 Å². The lowest BCUT2D eigenvalue weighted by Crippen LogP contribution is -2.35. The molecular formula is C33H20O3. The van der Waals surface area contributed by atoms with E-state index >= 15 is 0 Å². The summed E-state index contributed by atoms with van der Waals surface area (Å²) in [6.07, 6.45) is 12.9. The molecule has 0 radical (unpaired) electrons. The van der Waals surface area contributed by atoms with E-state index in [0.717, 1.165) is 69.9 Å². The summed E-state index contributed by atoms with van der Waals surface area (Å²) in [5.41, 5.74) is 6.88. The van der Waals surface area contributed by atoms with Crippen LogP contribution in [0, 0.1) is 24.3 Å². The zero-order valence-corrected chi connectivity index (χ0v) is 19.4. The fraction of sp³-hybridized carbons (Fsp3) is 0.152. The van der Waals surface area contributed by atoms with Crippen molar-refractivity contribution in [3.63, 3.8) is 0 Å². The molecule has 0 fully saturated rings. The predicted octanol–water partition coefficient (Wildman–Crippen LogP) is 7.30. The van der Waals surface area contributed by atoms with Gasteiger partial charge in [-0.25, -0.2) is 0 Å². The van der Waals surface area contributed by atoms with Gasteiger partial charge in [-0.3, -0.25) is 0 Å². The third-order valence-electron chi connectivity index (χ3n) is 8.12. The van der Waals surface area contributed by atoms with Crippen LogP contribution in [0.4, 0.5) is 0 Å². The highest BCUT2D eigenvalue weighted by atomic mass is 16.5. The van der Waals surface area contributed by atoms with Crippen molar-refractivity contribution < 1.29 is 14.9 Å². The highest BCUT2D eigenvalue weighted by Gasteiger charge is 2.54. The van der Waals surface area contributed by atoms with E-state index in [9.17, 15) is 10.2 Å². The Kier molecular flexibility index (Phi) is 3.69. The molecule has 1 aliphatic heterocycles. The number of rotatable bonds is 0. The lowest BCUT2D eigenvalue weighted by atomic mass is 9.60. The van der Waals surface area contributed by atoms with Crippen molar-refractivity contribution >= 4 is 21.5 Å². The van der Waals surface area contributed by atoms with Gasteiger partial charge in [-0.2, -0.15) is 0 Å². The average Bonchev–Trinajstić information content (AvgIpc) is 3.19. The van der Waals surface area contributed by atoms with Crippen LogP contribution in [0.2, 0.25) is 0 Å². The molecule has 1 heterocycles. The average molecular weight is 465 g/mol. The first kappa shape index (κ1) is 19.7. The normalized spacial score (nSPS) is 18.4. The minimum atomic E-state index is -0.565. The van der Waals surface area contributed by atoms with Gasteiger partial charge in [-0.1, -0.05) is 36.4 Å². The first-order chi connectivity index (χ1) is 17.7. The molecule has 3 nitrogen and oxygen atoms in total. The summed E-state index contributed by atoms with van der Waals surface area (Å²) in [5, 5.41) is 24.0. The van der Waals surface area contributed by atoms with Gasteiger partial charge in [0.05, 0.1) is 5.41 Å². The molecule has 3 aliphatic carbocycles. The Hall–Kier alpha value is -4.60. The fourth-order valence-corrected chi connectivity index (χ4v) is 6.88. The minimum absolute atomic E-state index is 0.0740. The van der Waals surface area contributed by atoms with Crippen LogP contribution < -0.4 is 4.74 Å². The second-order valence-electron chi connectivity index (χ2n) is 9.88. The number of fused-ring (bicyclic) bond motifs is 11. The van der Waals surface area contributed by atoms with Gasteiger partial charge >= 0.3 is 0 Å². The molecule has 36 heavy (non-hydrogen) atoms. The molecule has 0 bridgehead atoms. The Bertz CT molecular complexity index is 1650. The summed E-state index contributed by atoms with van der Waals surface area (Å²) in [6.45, 7) is 0. The first-order valence-electron chi connectivity index (χ1n) is 12.3. The summed E-state index contributed by atoms with van der Waals surface area (Å²) in [6, 6.07) is 23.9. The molecule has 1 spiro atoms. The van der Waals surface area contributed by atoms with Crippen molar-refractivity contribution in [3.8, 4) is 23.0 Å². The van der Waals surface area contributed by atoms with Gasteiger partial charge in [0.2, 0.25) is 0 Å². The molecule has 4 aromatic rings. The Morgan fingerprint density at radius 1 is 0.667 bits per heavy atom. The molecule has 8 rings (SSSR count). The van der Waals surface area contributed by atoms with Gasteiger partial charge in [0.15, 0.2) is 11.5 Å². The van der Waals surface area contributed by atoms with Gasteiger partial charge in [-0.15, -0.1) is 0 Å². The van der Waals surface area contributed by atoms with Gasteiger partial charge < -0.3 is 14.9 Å². The smallest absolute Gasteiger partial charge is 0.168 e. The van der Waals surface area contributed by atoms with E-state index in [4.69, 9.17) is 4.74 Å². The number of hydrogen-bond acceptors (Lipinski definition) is 3. The van der Waals surface area contributed by atoms with E-state index in [2.05, 4.69) is 48.6 Å². The third kappa shape index (κ3) is 2.31. The highest BCUT2D eigenvalue weighted by molar-refractivity contribution is 5.98. The Morgan fingerprint density at radius 2 is 1.17 bits per heavy atom. The van der Waals surface area contributed by atoms with Crippen LogP contribution in [0.25, 0.3) is 21.5 Å². The van der Waals surface area contributed by atoms with Crippen LogP contribution in [0.3, 0.4) is 0 Å². The Labute approximate surface area is 209 Å². The van der Waals surface area contributed by atoms with E-state index in [1.54, 1.807) is 12.1 Å². The second-order valence-corrected chi connectivity index (χ2v) is 9.88. The number of benzene rings is 2. The Balaban J connectivity index is 1.62. The maximum atomic E-state index is 10.2. The lowest BCUT2D eigenvalue weighted by Gasteiger charge is -2.43. The van der Waals surface area contributed by atoms with Crippen LogP contribution in [0.5, 0.6) is 23.0 Å². The highest BCUT2D eigenvalue weighted by Crippen LogP contribution is 2.65. The number of hydrogen-bond donors (Lipinski definition) is 2. The van der Waals surface area contributed by atoms with E-state index in [1.165, 1.54) is 22.3 Å². The molecule has 0 saturated carbocycles. The largest absolute Gasteiger partial charge is 0.501 e. The number of aromatic hydroxyl groups is 2. The van der Waals surface area contributed by atoms with Crippen molar-refractivity contribution in [1.29, 1.82) is 0 Å². The topological polar surface area (TPSA) is 49.7 Å². The van der Waals surface area contributed by atoms with Crippen molar-refractivity contribution in [2.75, 3.05) is 0 Å². The summed E-state index contributed by atoms with van der Waals surface area (Å²) in [4.78, 5) is 0. The summed E-state index contributed by atoms with van der Waals surface area (Å²) >= 11 is 0. The summed E-state index contributed by atoms with van der Waals surface area (Å²) in [7, 11) is 0. The molecule has 4 aliphatic rings. The number of ether oxygens (including phenoxy) is 1. The zero-order valence-electron chi connectivity index (χ0n) is 19.4. The molecule has 0 atom stereocenters. The molecule has 0 amide bonds. The molecule has 0 saturated heterocycles. The standard InChI is InChI=1S/C33H20O3/c34-21-11-13-23-19(17-21)9-15-29-31(23)33(27-7-3-1-5-25(27)26-6-2-4-8-28(26)33)32-24-14-12-22(35)18-20(24)10-16-30(32)36-29/h1-2,5-6,9-10,15-18,34-35H,3-4,7-8H2. The van der Waals surface area contributed by atoms with E-state index < -0.39 is 5.41 Å². The summed E-state index contributed by atoms with van der Waals surface area (Å²) in [5.74, 6) is 1.75. The quantitative estimate of drug-likeness (QED) is 0.287. The monoisotopic (exact) mass is 464 g/mol. The van der Waals surface area contributed by atoms with Gasteiger partial charge in [0.25, 0.3) is 0 Å².